The lowest BCUT2D eigenvalue weighted by molar-refractivity contribution is 0.863. The molecule has 1 heterocycles. The summed E-state index contributed by atoms with van der Waals surface area (Å²) in [7, 11) is 0. The van der Waals surface area contributed by atoms with Gasteiger partial charge in [0.25, 0.3) is 0 Å². The van der Waals surface area contributed by atoms with E-state index in [1.807, 2.05) is 19.1 Å². The van der Waals surface area contributed by atoms with E-state index in [4.69, 9.17) is 11.6 Å². The van der Waals surface area contributed by atoms with Crippen molar-refractivity contribution in [2.24, 2.45) is 0 Å². The van der Waals surface area contributed by atoms with Crippen molar-refractivity contribution in [3.8, 4) is 5.69 Å². The van der Waals surface area contributed by atoms with E-state index >= 15 is 0 Å². The smallest absolute Gasteiger partial charge is 0.136 e. The molecule has 0 spiro atoms. The molecule has 0 fully saturated rings. The zero-order valence-electron chi connectivity index (χ0n) is 9.79. The molecule has 2 aromatic rings. The highest BCUT2D eigenvalue weighted by atomic mass is 35.5. The highest BCUT2D eigenvalue weighted by Gasteiger charge is 2.12. The van der Waals surface area contributed by atoms with Crippen LogP contribution in [0.3, 0.4) is 0 Å². The second-order valence-corrected chi connectivity index (χ2v) is 4.31. The number of halogens is 1. The molecule has 0 radical (unpaired) electrons. The first-order valence-electron chi connectivity index (χ1n) is 5.44. The van der Waals surface area contributed by atoms with E-state index in [2.05, 4.69) is 31.1 Å². The van der Waals surface area contributed by atoms with E-state index in [1.165, 1.54) is 5.56 Å². The Hall–Kier alpha value is -1.28. The van der Waals surface area contributed by atoms with Gasteiger partial charge in [-0.05, 0) is 32.4 Å². The molecule has 0 aliphatic heterocycles. The van der Waals surface area contributed by atoms with Crippen molar-refractivity contribution in [1.82, 2.24) is 9.78 Å². The van der Waals surface area contributed by atoms with Gasteiger partial charge in [0.05, 0.1) is 11.4 Å². The lowest BCUT2D eigenvalue weighted by Gasteiger charge is -2.03. The normalized spacial score (nSPS) is 10.8. The third kappa shape index (κ3) is 1.85. The molecule has 0 saturated heterocycles. The van der Waals surface area contributed by atoms with E-state index in [9.17, 15) is 0 Å². The second kappa shape index (κ2) is 4.30. The Morgan fingerprint density at radius 3 is 2.31 bits per heavy atom. The van der Waals surface area contributed by atoms with Crippen LogP contribution < -0.4 is 0 Å². The Bertz CT molecular complexity index is 497. The fourth-order valence-corrected chi connectivity index (χ4v) is 2.20. The van der Waals surface area contributed by atoms with Crippen molar-refractivity contribution in [3.05, 3.63) is 46.2 Å². The van der Waals surface area contributed by atoms with Gasteiger partial charge in [-0.25, -0.2) is 4.68 Å². The van der Waals surface area contributed by atoms with Crippen LogP contribution in [0, 0.1) is 13.8 Å². The van der Waals surface area contributed by atoms with Crippen LogP contribution >= 0.6 is 11.6 Å². The minimum absolute atomic E-state index is 0.726. The minimum Gasteiger partial charge on any atom is -0.222 e. The van der Waals surface area contributed by atoms with Crippen molar-refractivity contribution < 1.29 is 0 Å². The van der Waals surface area contributed by atoms with Crippen molar-refractivity contribution in [1.29, 1.82) is 0 Å². The highest BCUT2D eigenvalue weighted by Crippen LogP contribution is 2.23. The molecule has 0 amide bonds. The maximum Gasteiger partial charge on any atom is 0.136 e. The van der Waals surface area contributed by atoms with Gasteiger partial charge >= 0.3 is 0 Å². The average molecular weight is 235 g/mol. The SMILES string of the molecule is CCc1c(C)nn(-c2ccc(C)cc2)c1Cl. The summed E-state index contributed by atoms with van der Waals surface area (Å²) in [5.41, 5.74) is 4.38. The van der Waals surface area contributed by atoms with Gasteiger partial charge in [-0.1, -0.05) is 36.2 Å². The molecule has 1 aromatic heterocycles. The highest BCUT2D eigenvalue weighted by molar-refractivity contribution is 6.30. The number of hydrogen-bond donors (Lipinski definition) is 0. The first kappa shape index (κ1) is 11.2. The van der Waals surface area contributed by atoms with Crippen LogP contribution in [0.4, 0.5) is 0 Å². The third-order valence-electron chi connectivity index (χ3n) is 2.75. The Balaban J connectivity index is 2.52. The molecule has 0 atom stereocenters. The maximum absolute atomic E-state index is 6.30. The summed E-state index contributed by atoms with van der Waals surface area (Å²) in [4.78, 5) is 0. The van der Waals surface area contributed by atoms with Gasteiger partial charge in [-0.15, -0.1) is 0 Å². The summed E-state index contributed by atoms with van der Waals surface area (Å²) in [6.07, 6.45) is 0.913. The molecule has 0 aliphatic rings. The molecule has 0 saturated carbocycles. The summed E-state index contributed by atoms with van der Waals surface area (Å²) in [5.74, 6) is 0. The van der Waals surface area contributed by atoms with Crippen LogP contribution in [-0.4, -0.2) is 9.78 Å². The first-order chi connectivity index (χ1) is 7.63. The van der Waals surface area contributed by atoms with E-state index in [1.54, 1.807) is 4.68 Å². The Labute approximate surface area is 101 Å². The fourth-order valence-electron chi connectivity index (χ4n) is 1.79. The molecule has 0 bridgehead atoms. The predicted molar refractivity (Wildman–Crippen MR) is 67.4 cm³/mol. The molecule has 0 N–H and O–H groups in total. The molecule has 16 heavy (non-hydrogen) atoms. The molecular formula is C13H15ClN2. The van der Waals surface area contributed by atoms with Gasteiger partial charge < -0.3 is 0 Å². The van der Waals surface area contributed by atoms with Gasteiger partial charge in [0.2, 0.25) is 0 Å². The van der Waals surface area contributed by atoms with Crippen molar-refractivity contribution in [2.75, 3.05) is 0 Å². The summed E-state index contributed by atoms with van der Waals surface area (Å²) in [6.45, 7) is 6.15. The third-order valence-corrected chi connectivity index (χ3v) is 3.14. The summed E-state index contributed by atoms with van der Waals surface area (Å²) < 4.78 is 1.80. The fraction of sp³-hybridized carbons (Fsp3) is 0.308. The largest absolute Gasteiger partial charge is 0.222 e. The van der Waals surface area contributed by atoms with Gasteiger partial charge in [-0.2, -0.15) is 5.10 Å². The molecule has 84 valence electrons. The Morgan fingerprint density at radius 2 is 1.81 bits per heavy atom. The van der Waals surface area contributed by atoms with Gasteiger partial charge in [-0.3, -0.25) is 0 Å². The first-order valence-corrected chi connectivity index (χ1v) is 5.82. The molecule has 0 aliphatic carbocycles. The van der Waals surface area contributed by atoms with E-state index in [0.717, 1.165) is 28.5 Å². The maximum atomic E-state index is 6.30. The lowest BCUT2D eigenvalue weighted by atomic mass is 10.2. The van der Waals surface area contributed by atoms with Crippen LogP contribution in [0.1, 0.15) is 23.7 Å². The average Bonchev–Trinajstić information content (AvgIpc) is 2.55. The van der Waals surface area contributed by atoms with Crippen LogP contribution in [0.2, 0.25) is 5.15 Å². The lowest BCUT2D eigenvalue weighted by Crippen LogP contribution is -1.96. The van der Waals surface area contributed by atoms with Gasteiger partial charge in [0, 0.05) is 5.56 Å². The number of benzene rings is 1. The second-order valence-electron chi connectivity index (χ2n) is 3.96. The monoisotopic (exact) mass is 234 g/mol. The molecular weight excluding hydrogens is 220 g/mol. The Kier molecular flexibility index (Phi) is 3.01. The quantitative estimate of drug-likeness (QED) is 0.775. The minimum atomic E-state index is 0.726. The van der Waals surface area contributed by atoms with Crippen molar-refractivity contribution >= 4 is 11.6 Å². The number of rotatable bonds is 2. The van der Waals surface area contributed by atoms with Gasteiger partial charge in [0.15, 0.2) is 0 Å². The van der Waals surface area contributed by atoms with Gasteiger partial charge in [0.1, 0.15) is 5.15 Å². The standard InChI is InChI=1S/C13H15ClN2/c1-4-12-10(3)15-16(13(12)14)11-7-5-9(2)6-8-11/h5-8H,4H2,1-3H3. The summed E-state index contributed by atoms with van der Waals surface area (Å²) >= 11 is 6.30. The number of hydrogen-bond acceptors (Lipinski definition) is 1. The molecule has 2 nitrogen and oxygen atoms in total. The van der Waals surface area contributed by atoms with Crippen LogP contribution in [0.25, 0.3) is 5.69 Å². The zero-order valence-corrected chi connectivity index (χ0v) is 10.5. The zero-order chi connectivity index (χ0) is 11.7. The van der Waals surface area contributed by atoms with Crippen LogP contribution in [0.5, 0.6) is 0 Å². The van der Waals surface area contributed by atoms with Crippen LogP contribution in [0.15, 0.2) is 24.3 Å². The Morgan fingerprint density at radius 1 is 1.19 bits per heavy atom. The molecule has 2 rings (SSSR count). The number of nitrogens with zero attached hydrogens (tertiary/aromatic N) is 2. The van der Waals surface area contributed by atoms with E-state index in [0.29, 0.717) is 0 Å². The molecule has 0 unspecified atom stereocenters. The summed E-state index contributed by atoms with van der Waals surface area (Å²) in [5, 5.41) is 5.19. The number of aryl methyl sites for hydroxylation is 2. The van der Waals surface area contributed by atoms with E-state index < -0.39 is 0 Å². The van der Waals surface area contributed by atoms with Crippen molar-refractivity contribution in [3.63, 3.8) is 0 Å². The molecule has 3 heteroatoms. The summed E-state index contributed by atoms with van der Waals surface area (Å²) in [6, 6.07) is 8.20. The predicted octanol–water partition coefficient (Wildman–Crippen LogP) is 3.70. The van der Waals surface area contributed by atoms with Crippen LogP contribution in [-0.2, 0) is 6.42 Å². The molecule has 1 aromatic carbocycles. The van der Waals surface area contributed by atoms with E-state index in [-0.39, 0.29) is 0 Å². The van der Waals surface area contributed by atoms with Crippen molar-refractivity contribution in [2.45, 2.75) is 27.2 Å². The topological polar surface area (TPSA) is 17.8 Å². The number of aromatic nitrogens is 2.